The molecule has 1 atom stereocenters. The fourth-order valence-electron chi connectivity index (χ4n) is 4.48. The zero-order valence-electron chi connectivity index (χ0n) is 19.4. The van der Waals surface area contributed by atoms with E-state index < -0.39 is 5.60 Å². The Balaban J connectivity index is 1.55. The highest BCUT2D eigenvalue weighted by atomic mass is 16.3. The van der Waals surface area contributed by atoms with Crippen LogP contribution in [-0.4, -0.2) is 36.2 Å². The average molecular weight is 443 g/mol. The van der Waals surface area contributed by atoms with Crippen LogP contribution in [0, 0.1) is 6.92 Å². The fourth-order valence-corrected chi connectivity index (χ4v) is 4.48. The van der Waals surface area contributed by atoms with E-state index in [-0.39, 0.29) is 24.5 Å². The Morgan fingerprint density at radius 2 is 1.82 bits per heavy atom. The number of nitrogens with zero attached hydrogens (tertiary/aromatic N) is 4. The molecule has 0 unspecified atom stereocenters. The van der Waals surface area contributed by atoms with Gasteiger partial charge in [0.25, 0.3) is 0 Å². The largest absolute Gasteiger partial charge is 0.389 e. The number of aliphatic hydroxyl groups is 1. The molecule has 0 saturated heterocycles. The molecule has 0 amide bonds. The fraction of sp³-hybridized carbons (Fsp3) is 0.333. The highest BCUT2D eigenvalue weighted by Crippen LogP contribution is 2.37. The SMILES string of the molecule is CCC(O)(CC)[C@@H](CC(=O)Cc1cc2cnn(-c3ccnc(C)c3)c2cn1)c1ccccc1. The third-order valence-corrected chi connectivity index (χ3v) is 6.52. The number of aryl methyl sites for hydroxylation is 1. The van der Waals surface area contributed by atoms with Crippen LogP contribution in [0.25, 0.3) is 16.6 Å². The molecule has 0 fully saturated rings. The summed E-state index contributed by atoms with van der Waals surface area (Å²) in [5.74, 6) is -0.184. The van der Waals surface area contributed by atoms with E-state index in [1.807, 2.05) is 74.0 Å². The number of carbonyl (C=O) groups is 1. The number of Topliss-reactive ketones (excluding diaryl/α,β-unsaturated/α-hetero) is 1. The van der Waals surface area contributed by atoms with Crippen LogP contribution < -0.4 is 0 Å². The molecule has 6 nitrogen and oxygen atoms in total. The second-order valence-electron chi connectivity index (χ2n) is 8.64. The first-order valence-corrected chi connectivity index (χ1v) is 11.5. The van der Waals surface area contributed by atoms with Crippen LogP contribution in [-0.2, 0) is 11.2 Å². The Morgan fingerprint density at radius 3 is 2.52 bits per heavy atom. The van der Waals surface area contributed by atoms with E-state index in [9.17, 15) is 9.90 Å². The zero-order valence-corrected chi connectivity index (χ0v) is 19.4. The monoisotopic (exact) mass is 442 g/mol. The van der Waals surface area contributed by atoms with Gasteiger partial charge < -0.3 is 5.11 Å². The lowest BCUT2D eigenvalue weighted by atomic mass is 9.75. The van der Waals surface area contributed by atoms with Gasteiger partial charge in [0.05, 0.1) is 29.2 Å². The Labute approximate surface area is 194 Å². The first-order chi connectivity index (χ1) is 15.9. The van der Waals surface area contributed by atoms with E-state index in [0.29, 0.717) is 18.5 Å². The minimum absolute atomic E-state index is 0.0631. The van der Waals surface area contributed by atoms with Crippen molar-refractivity contribution in [2.45, 2.75) is 58.0 Å². The van der Waals surface area contributed by atoms with Crippen molar-refractivity contribution in [2.24, 2.45) is 0 Å². The van der Waals surface area contributed by atoms with E-state index >= 15 is 0 Å². The van der Waals surface area contributed by atoms with E-state index in [1.54, 1.807) is 18.6 Å². The molecule has 1 aromatic carbocycles. The second-order valence-corrected chi connectivity index (χ2v) is 8.64. The first-order valence-electron chi connectivity index (χ1n) is 11.5. The van der Waals surface area contributed by atoms with Crippen molar-refractivity contribution in [2.75, 3.05) is 0 Å². The summed E-state index contributed by atoms with van der Waals surface area (Å²) in [6.07, 6.45) is 7.00. The standard InChI is InChI=1S/C27H30N4O2/c1-4-27(33,5-2)25(20-9-7-6-8-10-20)16-24(32)15-22-14-21-17-30-31(26(21)18-29-22)23-11-12-28-19(3)13-23/h6-14,17-18,25,33H,4-5,15-16H2,1-3H3/t25-/m0/s1. The molecule has 0 aliphatic carbocycles. The molecule has 6 heteroatoms. The summed E-state index contributed by atoms with van der Waals surface area (Å²) in [6.45, 7) is 5.89. The summed E-state index contributed by atoms with van der Waals surface area (Å²) >= 11 is 0. The molecule has 4 aromatic rings. The molecule has 1 N–H and O–H groups in total. The van der Waals surface area contributed by atoms with Gasteiger partial charge >= 0.3 is 0 Å². The van der Waals surface area contributed by atoms with Crippen LogP contribution in [0.5, 0.6) is 0 Å². The molecular formula is C27H30N4O2. The van der Waals surface area contributed by atoms with Gasteiger partial charge in [-0.2, -0.15) is 5.10 Å². The smallest absolute Gasteiger partial charge is 0.139 e. The van der Waals surface area contributed by atoms with Crippen LogP contribution in [0.1, 0.15) is 56.0 Å². The molecule has 33 heavy (non-hydrogen) atoms. The first kappa shape index (κ1) is 22.8. The summed E-state index contributed by atoms with van der Waals surface area (Å²) in [5, 5.41) is 16.7. The zero-order chi connectivity index (χ0) is 23.4. The van der Waals surface area contributed by atoms with Crippen LogP contribution in [0.15, 0.2) is 67.1 Å². The van der Waals surface area contributed by atoms with Gasteiger partial charge in [-0.3, -0.25) is 14.8 Å². The van der Waals surface area contributed by atoms with Crippen LogP contribution in [0.3, 0.4) is 0 Å². The molecule has 0 aliphatic heterocycles. The molecule has 0 spiro atoms. The van der Waals surface area contributed by atoms with Crippen molar-refractivity contribution >= 4 is 16.7 Å². The van der Waals surface area contributed by atoms with E-state index in [0.717, 1.165) is 27.8 Å². The average Bonchev–Trinajstić information content (AvgIpc) is 3.26. The van der Waals surface area contributed by atoms with Crippen molar-refractivity contribution < 1.29 is 9.90 Å². The molecule has 0 radical (unpaired) electrons. The number of ketones is 1. The molecule has 0 aliphatic rings. The van der Waals surface area contributed by atoms with Crippen molar-refractivity contribution in [1.82, 2.24) is 19.7 Å². The molecule has 170 valence electrons. The number of fused-ring (bicyclic) bond motifs is 1. The highest BCUT2D eigenvalue weighted by Gasteiger charge is 2.35. The van der Waals surface area contributed by atoms with Crippen LogP contribution in [0.4, 0.5) is 0 Å². The summed E-state index contributed by atoms with van der Waals surface area (Å²) in [4.78, 5) is 21.9. The normalized spacial score (nSPS) is 12.7. The van der Waals surface area contributed by atoms with Crippen molar-refractivity contribution in [3.05, 3.63) is 84.1 Å². The predicted molar refractivity (Wildman–Crippen MR) is 129 cm³/mol. The Kier molecular flexibility index (Phi) is 6.65. The van der Waals surface area contributed by atoms with E-state index in [1.165, 1.54) is 0 Å². The van der Waals surface area contributed by atoms with Gasteiger partial charge in [-0.25, -0.2) is 4.68 Å². The maximum absolute atomic E-state index is 13.1. The maximum Gasteiger partial charge on any atom is 0.139 e. The summed E-state index contributed by atoms with van der Waals surface area (Å²) in [7, 11) is 0. The number of aromatic nitrogens is 4. The highest BCUT2D eigenvalue weighted by molar-refractivity contribution is 5.84. The van der Waals surface area contributed by atoms with Crippen molar-refractivity contribution in [1.29, 1.82) is 0 Å². The summed E-state index contributed by atoms with van der Waals surface area (Å²) < 4.78 is 1.83. The lowest BCUT2D eigenvalue weighted by Crippen LogP contribution is -2.36. The molecule has 0 saturated carbocycles. The molecule has 3 heterocycles. The number of hydrogen-bond acceptors (Lipinski definition) is 5. The Bertz CT molecular complexity index is 1250. The Hall–Kier alpha value is -3.38. The third kappa shape index (κ3) is 4.86. The molecular weight excluding hydrogens is 412 g/mol. The lowest BCUT2D eigenvalue weighted by Gasteiger charge is -2.35. The Morgan fingerprint density at radius 1 is 1.06 bits per heavy atom. The molecule has 4 rings (SSSR count). The van der Waals surface area contributed by atoms with E-state index in [4.69, 9.17) is 0 Å². The number of hydrogen-bond donors (Lipinski definition) is 1. The van der Waals surface area contributed by atoms with Gasteiger partial charge in [-0.05, 0) is 43.5 Å². The van der Waals surface area contributed by atoms with Crippen LogP contribution in [0.2, 0.25) is 0 Å². The van der Waals surface area contributed by atoms with Gasteiger partial charge in [0.1, 0.15) is 5.78 Å². The molecule has 0 bridgehead atoms. The number of pyridine rings is 2. The van der Waals surface area contributed by atoms with E-state index in [2.05, 4.69) is 15.1 Å². The molecule has 3 aromatic heterocycles. The van der Waals surface area contributed by atoms with Crippen molar-refractivity contribution in [3.8, 4) is 5.69 Å². The van der Waals surface area contributed by atoms with Crippen LogP contribution >= 0.6 is 0 Å². The predicted octanol–water partition coefficient (Wildman–Crippen LogP) is 4.96. The number of benzene rings is 1. The topological polar surface area (TPSA) is 80.9 Å². The van der Waals surface area contributed by atoms with Gasteiger partial charge in [-0.15, -0.1) is 0 Å². The van der Waals surface area contributed by atoms with Crippen molar-refractivity contribution in [3.63, 3.8) is 0 Å². The minimum atomic E-state index is -0.918. The number of carbonyl (C=O) groups excluding carboxylic acids is 1. The quantitative estimate of drug-likeness (QED) is 0.396. The van der Waals surface area contributed by atoms with Gasteiger partial charge in [0.2, 0.25) is 0 Å². The third-order valence-electron chi connectivity index (χ3n) is 6.52. The minimum Gasteiger partial charge on any atom is -0.389 e. The maximum atomic E-state index is 13.1. The summed E-state index contributed by atoms with van der Waals surface area (Å²) in [6, 6.07) is 15.6. The van der Waals surface area contributed by atoms with Gasteiger partial charge in [0, 0.05) is 41.7 Å². The summed E-state index contributed by atoms with van der Waals surface area (Å²) in [5.41, 5.74) is 3.50. The lowest BCUT2D eigenvalue weighted by molar-refractivity contribution is -0.120. The van der Waals surface area contributed by atoms with Gasteiger partial charge in [0.15, 0.2) is 0 Å². The van der Waals surface area contributed by atoms with Gasteiger partial charge in [-0.1, -0.05) is 44.2 Å². The second kappa shape index (κ2) is 9.63. The number of rotatable bonds is 9.